The summed E-state index contributed by atoms with van der Waals surface area (Å²) in [5.74, 6) is -1.34. The smallest absolute Gasteiger partial charge is 0.326 e. The van der Waals surface area contributed by atoms with Crippen molar-refractivity contribution in [3.8, 4) is 0 Å². The van der Waals surface area contributed by atoms with Gasteiger partial charge >= 0.3 is 5.97 Å². The van der Waals surface area contributed by atoms with E-state index in [9.17, 15) is 23.1 Å². The highest BCUT2D eigenvalue weighted by Gasteiger charge is 2.37. The lowest BCUT2D eigenvalue weighted by molar-refractivity contribution is -0.151. The van der Waals surface area contributed by atoms with Gasteiger partial charge in [0.25, 0.3) is 0 Å². The Labute approximate surface area is 135 Å². The van der Waals surface area contributed by atoms with E-state index in [1.165, 1.54) is 4.90 Å². The van der Waals surface area contributed by atoms with Crippen LogP contribution in [0.4, 0.5) is 0 Å². The fourth-order valence-corrected chi connectivity index (χ4v) is 5.26. The fourth-order valence-electron chi connectivity index (χ4n) is 3.40. The van der Waals surface area contributed by atoms with Crippen molar-refractivity contribution in [1.82, 2.24) is 4.90 Å². The summed E-state index contributed by atoms with van der Waals surface area (Å²) in [7, 11) is -3.04. The molecule has 2 heterocycles. The number of amides is 1. The number of fused-ring (bicyclic) bond motifs is 1. The molecule has 1 amide bonds. The van der Waals surface area contributed by atoms with E-state index in [1.54, 1.807) is 0 Å². The lowest BCUT2D eigenvalue weighted by Gasteiger charge is -2.35. The molecule has 0 bridgehead atoms. The lowest BCUT2D eigenvalue weighted by atomic mass is 9.93. The van der Waals surface area contributed by atoms with Gasteiger partial charge in [0, 0.05) is 19.4 Å². The monoisotopic (exact) mass is 337 g/mol. The molecule has 0 spiro atoms. The van der Waals surface area contributed by atoms with Crippen LogP contribution < -0.4 is 0 Å². The molecule has 2 aliphatic rings. The Bertz CT molecular complexity index is 743. The molecule has 2 atom stereocenters. The van der Waals surface area contributed by atoms with Crippen LogP contribution in [-0.4, -0.2) is 47.8 Å². The third-order valence-electron chi connectivity index (χ3n) is 4.64. The molecular formula is C16H19NO5S. The SMILES string of the molecule is O=C(O)C1Cc2ccccc2CN1C(=O)CC1CCS(=O)(=O)C1. The second kappa shape index (κ2) is 5.96. The van der Waals surface area contributed by atoms with Gasteiger partial charge in [-0.3, -0.25) is 4.79 Å². The number of hydrogen-bond acceptors (Lipinski definition) is 4. The van der Waals surface area contributed by atoms with Gasteiger partial charge in [-0.15, -0.1) is 0 Å². The summed E-state index contributed by atoms with van der Waals surface area (Å²) < 4.78 is 23.0. The van der Waals surface area contributed by atoms with Crippen LogP contribution in [0.15, 0.2) is 24.3 Å². The van der Waals surface area contributed by atoms with Crippen LogP contribution in [0, 0.1) is 5.92 Å². The fraction of sp³-hybridized carbons (Fsp3) is 0.500. The van der Waals surface area contributed by atoms with Gasteiger partial charge in [-0.1, -0.05) is 24.3 Å². The molecular weight excluding hydrogens is 318 g/mol. The average Bonchev–Trinajstić information content (AvgIpc) is 2.84. The van der Waals surface area contributed by atoms with E-state index in [2.05, 4.69) is 0 Å². The third kappa shape index (κ3) is 3.39. The summed E-state index contributed by atoms with van der Waals surface area (Å²) in [6, 6.07) is 6.63. The molecule has 1 fully saturated rings. The van der Waals surface area contributed by atoms with E-state index in [0.717, 1.165) is 11.1 Å². The van der Waals surface area contributed by atoms with E-state index in [0.29, 0.717) is 12.8 Å². The zero-order valence-electron chi connectivity index (χ0n) is 12.6. The van der Waals surface area contributed by atoms with Crippen LogP contribution in [0.25, 0.3) is 0 Å². The summed E-state index contributed by atoms with van der Waals surface area (Å²) in [4.78, 5) is 25.5. The van der Waals surface area contributed by atoms with Gasteiger partial charge in [0.2, 0.25) is 5.91 Å². The predicted molar refractivity (Wildman–Crippen MR) is 83.5 cm³/mol. The predicted octanol–water partition coefficient (Wildman–Crippen LogP) is 0.849. The molecule has 0 saturated carbocycles. The zero-order chi connectivity index (χ0) is 16.6. The second-order valence-corrected chi connectivity index (χ2v) is 8.55. The van der Waals surface area contributed by atoms with E-state index < -0.39 is 21.8 Å². The van der Waals surface area contributed by atoms with Crippen LogP contribution in [0.5, 0.6) is 0 Å². The number of carboxylic acid groups (broad SMARTS) is 1. The molecule has 0 aliphatic carbocycles. The molecule has 0 radical (unpaired) electrons. The number of rotatable bonds is 3. The van der Waals surface area contributed by atoms with Crippen molar-refractivity contribution in [3.63, 3.8) is 0 Å². The van der Waals surface area contributed by atoms with Crippen LogP contribution in [-0.2, 0) is 32.4 Å². The third-order valence-corrected chi connectivity index (χ3v) is 6.48. The van der Waals surface area contributed by atoms with Crippen molar-refractivity contribution < 1.29 is 23.1 Å². The molecule has 1 saturated heterocycles. The van der Waals surface area contributed by atoms with Crippen LogP contribution in [0.1, 0.15) is 24.0 Å². The maximum atomic E-state index is 12.6. The van der Waals surface area contributed by atoms with Gasteiger partial charge in [-0.05, 0) is 23.5 Å². The number of sulfone groups is 1. The number of carbonyl (C=O) groups excluding carboxylic acids is 1. The molecule has 2 aliphatic heterocycles. The minimum atomic E-state index is -3.04. The highest BCUT2D eigenvalue weighted by atomic mass is 32.2. The van der Waals surface area contributed by atoms with Crippen molar-refractivity contribution in [2.45, 2.75) is 31.8 Å². The first-order valence-corrected chi connectivity index (χ1v) is 9.47. The lowest BCUT2D eigenvalue weighted by Crippen LogP contribution is -2.49. The summed E-state index contributed by atoms with van der Waals surface area (Å²) in [6.45, 7) is 0.269. The first-order valence-electron chi connectivity index (χ1n) is 7.65. The minimum Gasteiger partial charge on any atom is -0.480 e. The molecule has 3 rings (SSSR count). The Morgan fingerprint density at radius 3 is 2.52 bits per heavy atom. The van der Waals surface area contributed by atoms with Crippen molar-refractivity contribution in [2.75, 3.05) is 11.5 Å². The summed E-state index contributed by atoms with van der Waals surface area (Å²) >= 11 is 0. The molecule has 2 unspecified atom stereocenters. The van der Waals surface area contributed by atoms with Gasteiger partial charge in [0.05, 0.1) is 11.5 Å². The van der Waals surface area contributed by atoms with E-state index in [1.807, 2.05) is 24.3 Å². The topological polar surface area (TPSA) is 91.8 Å². The largest absolute Gasteiger partial charge is 0.480 e. The highest BCUT2D eigenvalue weighted by Crippen LogP contribution is 2.27. The van der Waals surface area contributed by atoms with Gasteiger partial charge in [-0.2, -0.15) is 0 Å². The van der Waals surface area contributed by atoms with Gasteiger partial charge in [-0.25, -0.2) is 13.2 Å². The van der Waals surface area contributed by atoms with Crippen molar-refractivity contribution in [2.24, 2.45) is 5.92 Å². The Morgan fingerprint density at radius 1 is 1.22 bits per heavy atom. The van der Waals surface area contributed by atoms with E-state index in [-0.39, 0.29) is 36.3 Å². The Kier molecular flexibility index (Phi) is 4.14. The van der Waals surface area contributed by atoms with Gasteiger partial charge < -0.3 is 10.0 Å². The number of hydrogen-bond donors (Lipinski definition) is 1. The Hall–Kier alpha value is -1.89. The maximum absolute atomic E-state index is 12.6. The first-order chi connectivity index (χ1) is 10.9. The molecule has 23 heavy (non-hydrogen) atoms. The number of benzene rings is 1. The molecule has 6 nitrogen and oxygen atoms in total. The molecule has 7 heteroatoms. The number of aliphatic carboxylic acids is 1. The highest BCUT2D eigenvalue weighted by molar-refractivity contribution is 7.91. The summed E-state index contributed by atoms with van der Waals surface area (Å²) in [5.41, 5.74) is 1.91. The second-order valence-electron chi connectivity index (χ2n) is 6.32. The first kappa shape index (κ1) is 16.0. The molecule has 1 aromatic rings. The van der Waals surface area contributed by atoms with Crippen LogP contribution in [0.3, 0.4) is 0 Å². The summed E-state index contributed by atoms with van der Waals surface area (Å²) in [5, 5.41) is 9.44. The van der Waals surface area contributed by atoms with Crippen molar-refractivity contribution >= 4 is 21.7 Å². The minimum absolute atomic E-state index is 0.0287. The van der Waals surface area contributed by atoms with Crippen LogP contribution >= 0.6 is 0 Å². The molecule has 1 N–H and O–H groups in total. The molecule has 0 aromatic heterocycles. The Balaban J connectivity index is 1.77. The van der Waals surface area contributed by atoms with Gasteiger partial charge in [0.15, 0.2) is 9.84 Å². The quantitative estimate of drug-likeness (QED) is 0.883. The number of carboxylic acids is 1. The van der Waals surface area contributed by atoms with Gasteiger partial charge in [0.1, 0.15) is 6.04 Å². The number of carbonyl (C=O) groups is 2. The normalized spacial score (nSPS) is 25.8. The molecule has 1 aromatic carbocycles. The van der Waals surface area contributed by atoms with Crippen molar-refractivity contribution in [1.29, 1.82) is 0 Å². The van der Waals surface area contributed by atoms with E-state index in [4.69, 9.17) is 0 Å². The van der Waals surface area contributed by atoms with E-state index >= 15 is 0 Å². The zero-order valence-corrected chi connectivity index (χ0v) is 13.5. The van der Waals surface area contributed by atoms with Crippen LogP contribution in [0.2, 0.25) is 0 Å². The maximum Gasteiger partial charge on any atom is 0.326 e. The average molecular weight is 337 g/mol. The Morgan fingerprint density at radius 2 is 1.91 bits per heavy atom. The summed E-state index contributed by atoms with van der Waals surface area (Å²) in [6.07, 6.45) is 0.877. The molecule has 124 valence electrons. The standard InChI is InChI=1S/C16H19NO5S/c18-15(7-11-5-6-23(21,22)10-11)17-9-13-4-2-1-3-12(13)8-14(17)16(19)20/h1-4,11,14H,5-10H2,(H,19,20). The van der Waals surface area contributed by atoms with Crippen molar-refractivity contribution in [3.05, 3.63) is 35.4 Å². The number of nitrogens with zero attached hydrogens (tertiary/aromatic N) is 1.